The van der Waals surface area contributed by atoms with Gasteiger partial charge in [0.1, 0.15) is 17.2 Å². The molecule has 0 saturated heterocycles. The summed E-state index contributed by atoms with van der Waals surface area (Å²) in [6, 6.07) is 21.7. The molecule has 0 spiro atoms. The summed E-state index contributed by atoms with van der Waals surface area (Å²) in [7, 11) is 0. The maximum absolute atomic E-state index is 11.0. The first-order valence-corrected chi connectivity index (χ1v) is 14.0. The van der Waals surface area contributed by atoms with Crippen LogP contribution in [0.25, 0.3) is 11.1 Å². The van der Waals surface area contributed by atoms with Gasteiger partial charge in [0.2, 0.25) is 0 Å². The lowest BCUT2D eigenvalue weighted by Crippen LogP contribution is -2.23. The molecule has 1 atom stereocenters. The molecule has 0 heterocycles. The van der Waals surface area contributed by atoms with Crippen molar-refractivity contribution in [3.63, 3.8) is 0 Å². The van der Waals surface area contributed by atoms with Crippen LogP contribution >= 0.6 is 0 Å². The molecule has 0 bridgehead atoms. The van der Waals surface area contributed by atoms with E-state index < -0.39 is 0 Å². The fourth-order valence-electron chi connectivity index (χ4n) is 4.23. The van der Waals surface area contributed by atoms with Crippen LogP contribution in [0.5, 0.6) is 17.2 Å². The van der Waals surface area contributed by atoms with Crippen molar-refractivity contribution >= 4 is 5.97 Å². The van der Waals surface area contributed by atoms with Gasteiger partial charge < -0.3 is 14.9 Å². The van der Waals surface area contributed by atoms with Crippen molar-refractivity contribution in [2.45, 2.75) is 93.9 Å². The Bertz CT molecular complexity index is 1120. The third-order valence-corrected chi connectivity index (χ3v) is 6.20. The van der Waals surface area contributed by atoms with Gasteiger partial charge in [-0.1, -0.05) is 123 Å². The number of unbranched alkanes of at least 4 members (excludes halogenated alkanes) is 2. The highest BCUT2D eigenvalue weighted by atomic mass is 16.5. The number of rotatable bonds is 6. The first kappa shape index (κ1) is 33.8. The van der Waals surface area contributed by atoms with E-state index in [2.05, 4.69) is 67.5 Å². The van der Waals surface area contributed by atoms with Crippen molar-refractivity contribution in [1.82, 2.24) is 0 Å². The van der Waals surface area contributed by atoms with E-state index in [1.54, 1.807) is 48.5 Å². The van der Waals surface area contributed by atoms with Gasteiger partial charge in [-0.3, -0.25) is 4.79 Å². The molecule has 0 aliphatic heterocycles. The fraction of sp³-hybridized carbons (Fsp3) is 0.457. The third kappa shape index (κ3) is 12.9. The molecule has 3 aromatic rings. The number of phenols is 2. The summed E-state index contributed by atoms with van der Waals surface area (Å²) in [5.41, 5.74) is 3.22. The minimum Gasteiger partial charge on any atom is -0.508 e. The average molecular weight is 535 g/mol. The number of aromatic hydroxyl groups is 2. The van der Waals surface area contributed by atoms with E-state index in [1.807, 2.05) is 12.1 Å². The third-order valence-electron chi connectivity index (χ3n) is 6.20. The Hall–Kier alpha value is -3.27. The lowest BCUT2D eigenvalue weighted by molar-refractivity contribution is -0.131. The van der Waals surface area contributed by atoms with Gasteiger partial charge in [-0.05, 0) is 53.0 Å². The van der Waals surface area contributed by atoms with Crippen molar-refractivity contribution in [2.75, 3.05) is 0 Å². The maximum Gasteiger partial charge on any atom is 0.308 e. The van der Waals surface area contributed by atoms with Crippen LogP contribution in [0.1, 0.15) is 99.5 Å². The van der Waals surface area contributed by atoms with Crippen molar-refractivity contribution in [3.8, 4) is 28.4 Å². The number of phenolic OH excluding ortho intramolecular Hbond substituents is 2. The Morgan fingerprint density at radius 1 is 0.769 bits per heavy atom. The van der Waals surface area contributed by atoms with Gasteiger partial charge in [-0.25, -0.2) is 0 Å². The van der Waals surface area contributed by atoms with Crippen LogP contribution in [0.2, 0.25) is 0 Å². The Morgan fingerprint density at radius 2 is 1.28 bits per heavy atom. The minimum atomic E-state index is -0.382. The summed E-state index contributed by atoms with van der Waals surface area (Å²) in [5, 5.41) is 19.2. The highest BCUT2D eigenvalue weighted by Crippen LogP contribution is 2.43. The highest BCUT2D eigenvalue weighted by molar-refractivity contribution is 5.79. The number of ether oxygens (including phenoxy) is 1. The molecule has 39 heavy (non-hydrogen) atoms. The zero-order valence-corrected chi connectivity index (χ0v) is 25.5. The van der Waals surface area contributed by atoms with Crippen LogP contribution in [-0.2, 0) is 4.79 Å². The normalized spacial score (nSPS) is 11.8. The van der Waals surface area contributed by atoms with Gasteiger partial charge >= 0.3 is 5.97 Å². The van der Waals surface area contributed by atoms with Gasteiger partial charge in [-0.2, -0.15) is 0 Å². The number of carbonyl (C=O) groups is 1. The van der Waals surface area contributed by atoms with Gasteiger partial charge in [0.15, 0.2) is 0 Å². The van der Waals surface area contributed by atoms with Gasteiger partial charge in [0.05, 0.1) is 0 Å². The zero-order chi connectivity index (χ0) is 29.6. The Labute approximate surface area is 237 Å². The van der Waals surface area contributed by atoms with Crippen molar-refractivity contribution in [3.05, 3.63) is 78.4 Å². The number of carbonyl (C=O) groups excluding carboxylic acids is 1. The van der Waals surface area contributed by atoms with Gasteiger partial charge in [-0.15, -0.1) is 0 Å². The van der Waals surface area contributed by atoms with E-state index in [9.17, 15) is 15.0 Å². The quantitative estimate of drug-likeness (QED) is 0.244. The molecule has 0 amide bonds. The van der Waals surface area contributed by atoms with Gasteiger partial charge in [0, 0.05) is 18.1 Å². The Balaban J connectivity index is 0.000000333. The Morgan fingerprint density at radius 3 is 1.72 bits per heavy atom. The van der Waals surface area contributed by atoms with Crippen LogP contribution < -0.4 is 4.74 Å². The van der Waals surface area contributed by atoms with Crippen LogP contribution in [-0.4, -0.2) is 16.2 Å². The Kier molecular flexibility index (Phi) is 13.8. The molecular weight excluding hydrogens is 484 g/mol. The lowest BCUT2D eigenvalue weighted by Gasteiger charge is -2.36. The second-order valence-corrected chi connectivity index (χ2v) is 12.2. The summed E-state index contributed by atoms with van der Waals surface area (Å²) < 4.78 is 5.10. The lowest BCUT2D eigenvalue weighted by atomic mass is 9.69. The molecule has 3 aromatic carbocycles. The van der Waals surface area contributed by atoms with Crippen LogP contribution in [0.3, 0.4) is 0 Å². The van der Waals surface area contributed by atoms with Crippen LogP contribution in [0.15, 0.2) is 72.8 Å². The predicted octanol–water partition coefficient (Wildman–Crippen LogP) is 10.1. The second kappa shape index (κ2) is 16.0. The van der Waals surface area contributed by atoms with E-state index in [-0.39, 0.29) is 17.1 Å². The summed E-state index contributed by atoms with van der Waals surface area (Å²) in [4.78, 5) is 11.0. The van der Waals surface area contributed by atoms with Gasteiger partial charge in [0.25, 0.3) is 0 Å². The van der Waals surface area contributed by atoms with Crippen molar-refractivity contribution in [2.24, 2.45) is 10.8 Å². The standard InChI is InChI=1S/C16H26O.C14H12O3.C5H12/c1-15(2,3)11-14(16(4,5)6)12-7-9-13(17)10-8-12;1-10(15)17-14-9-5-3-7-12(14)11-6-2-4-8-13(11)16;1-3-5-4-2/h7-10,14,17H,11H2,1-6H3;2-9,16H,1H3;3-5H2,1-2H3. The molecule has 0 aliphatic carbocycles. The molecule has 0 aliphatic rings. The molecule has 0 radical (unpaired) electrons. The first-order valence-electron chi connectivity index (χ1n) is 14.0. The summed E-state index contributed by atoms with van der Waals surface area (Å²) in [6.45, 7) is 19.5. The van der Waals surface area contributed by atoms with E-state index in [0.717, 1.165) is 6.42 Å². The van der Waals surface area contributed by atoms with Crippen molar-refractivity contribution < 1.29 is 19.7 Å². The monoisotopic (exact) mass is 534 g/mol. The molecule has 0 fully saturated rings. The number of para-hydroxylation sites is 2. The number of hydrogen-bond acceptors (Lipinski definition) is 4. The molecule has 3 rings (SSSR count). The average Bonchev–Trinajstić information content (AvgIpc) is 2.84. The van der Waals surface area contributed by atoms with E-state index >= 15 is 0 Å². The topological polar surface area (TPSA) is 66.8 Å². The summed E-state index contributed by atoms with van der Waals surface area (Å²) in [6.07, 6.45) is 5.23. The van der Waals surface area contributed by atoms with Crippen molar-refractivity contribution in [1.29, 1.82) is 0 Å². The number of benzene rings is 3. The smallest absolute Gasteiger partial charge is 0.308 e. The van der Waals surface area contributed by atoms with Crippen LogP contribution in [0.4, 0.5) is 0 Å². The number of hydrogen-bond donors (Lipinski definition) is 2. The SMILES string of the molecule is CC(=O)Oc1ccccc1-c1ccccc1O.CC(C)(C)CC(c1ccc(O)cc1)C(C)(C)C.CCCCC. The van der Waals surface area contributed by atoms with E-state index in [0.29, 0.717) is 34.0 Å². The molecule has 0 saturated carbocycles. The maximum atomic E-state index is 11.0. The fourth-order valence-corrected chi connectivity index (χ4v) is 4.23. The second-order valence-electron chi connectivity index (χ2n) is 12.2. The molecular formula is C35H50O4. The van der Waals surface area contributed by atoms with E-state index in [4.69, 9.17) is 4.74 Å². The van der Waals surface area contributed by atoms with E-state index in [1.165, 1.54) is 31.7 Å². The summed E-state index contributed by atoms with van der Waals surface area (Å²) in [5.74, 6) is 1.08. The molecule has 4 heteroatoms. The predicted molar refractivity (Wildman–Crippen MR) is 164 cm³/mol. The number of esters is 1. The molecule has 0 aromatic heterocycles. The largest absolute Gasteiger partial charge is 0.508 e. The molecule has 2 N–H and O–H groups in total. The highest BCUT2D eigenvalue weighted by Gasteiger charge is 2.30. The molecule has 1 unspecified atom stereocenters. The molecule has 214 valence electrons. The van der Waals surface area contributed by atoms with Crippen LogP contribution in [0, 0.1) is 10.8 Å². The zero-order valence-electron chi connectivity index (χ0n) is 25.5. The first-order chi connectivity index (χ1) is 18.2. The molecule has 4 nitrogen and oxygen atoms in total. The minimum absolute atomic E-state index is 0.159. The summed E-state index contributed by atoms with van der Waals surface area (Å²) >= 11 is 0.